The molecule has 0 aliphatic carbocycles. The molecule has 0 saturated heterocycles. The number of ether oxygens (including phenoxy) is 1. The topological polar surface area (TPSA) is 21.3 Å². The third kappa shape index (κ3) is 9.92. The first-order valence-corrected chi connectivity index (χ1v) is 4.35. The monoisotopic (exact) mass is 159 g/mol. The summed E-state index contributed by atoms with van der Waals surface area (Å²) in [5.41, 5.74) is 0.395. The summed E-state index contributed by atoms with van der Waals surface area (Å²) in [4.78, 5) is 0. The number of hydrogen-bond donors (Lipinski definition) is 1. The second-order valence-electron chi connectivity index (χ2n) is 3.97. The average Bonchev–Trinajstić information content (AvgIpc) is 1.85. The number of rotatable bonds is 5. The van der Waals surface area contributed by atoms with Gasteiger partial charge in [-0.05, 0) is 18.4 Å². The maximum absolute atomic E-state index is 5.34. The Balaban J connectivity index is 3.02. The zero-order valence-electron chi connectivity index (χ0n) is 8.24. The highest BCUT2D eigenvalue weighted by Gasteiger charge is 2.08. The van der Waals surface area contributed by atoms with E-state index in [9.17, 15) is 0 Å². The van der Waals surface area contributed by atoms with Crippen molar-refractivity contribution in [1.29, 1.82) is 0 Å². The van der Waals surface area contributed by atoms with Gasteiger partial charge in [-0.1, -0.05) is 27.7 Å². The van der Waals surface area contributed by atoms with E-state index in [-0.39, 0.29) is 0 Å². The Bertz CT molecular complexity index is 86.1. The van der Waals surface area contributed by atoms with Gasteiger partial charge in [0.15, 0.2) is 0 Å². The molecule has 0 saturated carbocycles. The molecule has 1 N–H and O–H groups in total. The van der Waals surface area contributed by atoms with Gasteiger partial charge in [-0.2, -0.15) is 0 Å². The number of nitrogens with one attached hydrogen (secondary N) is 1. The molecule has 0 spiro atoms. The van der Waals surface area contributed by atoms with E-state index >= 15 is 0 Å². The lowest BCUT2D eigenvalue weighted by Crippen LogP contribution is -2.19. The standard InChI is InChI=1S/C9H21NO/c1-5-10-8-11-7-6-9(2,3)4/h10H,5-8H2,1-4H3. The van der Waals surface area contributed by atoms with Crippen LogP contribution in [0.5, 0.6) is 0 Å². The van der Waals surface area contributed by atoms with Crippen molar-refractivity contribution in [1.82, 2.24) is 5.32 Å². The molecule has 0 aromatic heterocycles. The van der Waals surface area contributed by atoms with Crippen LogP contribution in [0.25, 0.3) is 0 Å². The second kappa shape index (κ2) is 5.56. The summed E-state index contributed by atoms with van der Waals surface area (Å²) in [7, 11) is 0. The van der Waals surface area contributed by atoms with Crippen LogP contribution in [-0.2, 0) is 4.74 Å². The summed E-state index contributed by atoms with van der Waals surface area (Å²) < 4.78 is 5.34. The molecule has 11 heavy (non-hydrogen) atoms. The maximum Gasteiger partial charge on any atom is 0.0965 e. The molecular weight excluding hydrogens is 138 g/mol. The van der Waals surface area contributed by atoms with Crippen molar-refractivity contribution in [3.63, 3.8) is 0 Å². The molecule has 0 fully saturated rings. The predicted octanol–water partition coefficient (Wildman–Crippen LogP) is 2.01. The molecule has 0 rings (SSSR count). The normalized spacial score (nSPS) is 12.0. The Hall–Kier alpha value is -0.0800. The average molecular weight is 159 g/mol. The molecule has 0 atom stereocenters. The fourth-order valence-corrected chi connectivity index (χ4v) is 0.625. The molecule has 0 aromatic carbocycles. The van der Waals surface area contributed by atoms with Gasteiger partial charge in [0, 0.05) is 6.61 Å². The van der Waals surface area contributed by atoms with Crippen LogP contribution in [0.15, 0.2) is 0 Å². The second-order valence-corrected chi connectivity index (χ2v) is 3.97. The van der Waals surface area contributed by atoms with Gasteiger partial charge in [0.05, 0.1) is 6.73 Å². The molecule has 2 nitrogen and oxygen atoms in total. The zero-order chi connectivity index (χ0) is 8.74. The molecule has 68 valence electrons. The van der Waals surface area contributed by atoms with Crippen LogP contribution in [0.1, 0.15) is 34.1 Å². The Labute approximate surface area is 70.3 Å². The first kappa shape index (κ1) is 10.9. The molecular formula is C9H21NO. The molecule has 0 bridgehead atoms. The van der Waals surface area contributed by atoms with Crippen molar-refractivity contribution in [3.05, 3.63) is 0 Å². The van der Waals surface area contributed by atoms with E-state index in [0.717, 1.165) is 19.6 Å². The first-order chi connectivity index (χ1) is 5.06. The lowest BCUT2D eigenvalue weighted by Gasteiger charge is -2.17. The molecule has 0 radical (unpaired) electrons. The van der Waals surface area contributed by atoms with E-state index in [1.165, 1.54) is 0 Å². The Kier molecular flexibility index (Phi) is 5.51. The largest absolute Gasteiger partial charge is 0.366 e. The van der Waals surface area contributed by atoms with Gasteiger partial charge in [-0.3, -0.25) is 5.32 Å². The van der Waals surface area contributed by atoms with Crippen LogP contribution in [0.2, 0.25) is 0 Å². The smallest absolute Gasteiger partial charge is 0.0965 e. The summed E-state index contributed by atoms with van der Waals surface area (Å²) in [6, 6.07) is 0. The van der Waals surface area contributed by atoms with Crippen LogP contribution >= 0.6 is 0 Å². The molecule has 0 aliphatic rings. The third-order valence-electron chi connectivity index (χ3n) is 1.45. The molecule has 0 aromatic rings. The molecule has 2 heteroatoms. The van der Waals surface area contributed by atoms with Gasteiger partial charge in [0.2, 0.25) is 0 Å². The summed E-state index contributed by atoms with van der Waals surface area (Å²) >= 11 is 0. The lowest BCUT2D eigenvalue weighted by molar-refractivity contribution is 0.0949. The lowest BCUT2D eigenvalue weighted by atomic mass is 9.93. The summed E-state index contributed by atoms with van der Waals surface area (Å²) in [5, 5.41) is 3.11. The van der Waals surface area contributed by atoms with Crippen LogP contribution in [-0.4, -0.2) is 19.9 Å². The van der Waals surface area contributed by atoms with Gasteiger partial charge >= 0.3 is 0 Å². The van der Waals surface area contributed by atoms with Gasteiger partial charge in [-0.25, -0.2) is 0 Å². The minimum atomic E-state index is 0.395. The quantitative estimate of drug-likeness (QED) is 0.489. The Morgan fingerprint density at radius 3 is 2.36 bits per heavy atom. The molecule has 0 aliphatic heterocycles. The van der Waals surface area contributed by atoms with Crippen molar-refractivity contribution >= 4 is 0 Å². The van der Waals surface area contributed by atoms with Crippen LogP contribution < -0.4 is 5.32 Å². The highest BCUT2D eigenvalue weighted by molar-refractivity contribution is 4.59. The maximum atomic E-state index is 5.34. The van der Waals surface area contributed by atoms with Crippen molar-refractivity contribution in [3.8, 4) is 0 Å². The van der Waals surface area contributed by atoms with E-state index < -0.39 is 0 Å². The molecule has 0 unspecified atom stereocenters. The summed E-state index contributed by atoms with van der Waals surface area (Å²) in [5.74, 6) is 0. The van der Waals surface area contributed by atoms with Gasteiger partial charge < -0.3 is 4.74 Å². The fraction of sp³-hybridized carbons (Fsp3) is 1.00. The Morgan fingerprint density at radius 2 is 1.91 bits per heavy atom. The summed E-state index contributed by atoms with van der Waals surface area (Å²) in [6.45, 7) is 11.3. The zero-order valence-corrected chi connectivity index (χ0v) is 8.24. The fourth-order valence-electron chi connectivity index (χ4n) is 0.625. The van der Waals surface area contributed by atoms with Gasteiger partial charge in [-0.15, -0.1) is 0 Å². The van der Waals surface area contributed by atoms with E-state index in [0.29, 0.717) is 12.1 Å². The van der Waals surface area contributed by atoms with E-state index in [1.54, 1.807) is 0 Å². The number of hydrogen-bond acceptors (Lipinski definition) is 2. The van der Waals surface area contributed by atoms with Crippen LogP contribution in [0.3, 0.4) is 0 Å². The van der Waals surface area contributed by atoms with Crippen molar-refractivity contribution in [2.75, 3.05) is 19.9 Å². The highest BCUT2D eigenvalue weighted by atomic mass is 16.5. The minimum Gasteiger partial charge on any atom is -0.366 e. The van der Waals surface area contributed by atoms with Crippen molar-refractivity contribution in [2.24, 2.45) is 5.41 Å². The van der Waals surface area contributed by atoms with E-state index in [2.05, 4.69) is 33.0 Å². The highest BCUT2D eigenvalue weighted by Crippen LogP contribution is 2.17. The van der Waals surface area contributed by atoms with Gasteiger partial charge in [0.1, 0.15) is 0 Å². The van der Waals surface area contributed by atoms with E-state index in [4.69, 9.17) is 4.74 Å². The third-order valence-corrected chi connectivity index (χ3v) is 1.45. The van der Waals surface area contributed by atoms with E-state index in [1.807, 2.05) is 0 Å². The van der Waals surface area contributed by atoms with Crippen LogP contribution in [0.4, 0.5) is 0 Å². The first-order valence-electron chi connectivity index (χ1n) is 4.35. The molecule has 0 amide bonds. The SMILES string of the molecule is CCNCOCCC(C)(C)C. The van der Waals surface area contributed by atoms with Gasteiger partial charge in [0.25, 0.3) is 0 Å². The van der Waals surface area contributed by atoms with Crippen molar-refractivity contribution < 1.29 is 4.74 Å². The Morgan fingerprint density at radius 1 is 1.27 bits per heavy atom. The predicted molar refractivity (Wildman–Crippen MR) is 48.6 cm³/mol. The molecule has 0 heterocycles. The van der Waals surface area contributed by atoms with Crippen LogP contribution in [0, 0.1) is 5.41 Å². The van der Waals surface area contributed by atoms with Crippen molar-refractivity contribution in [2.45, 2.75) is 34.1 Å². The summed E-state index contributed by atoms with van der Waals surface area (Å²) in [6.07, 6.45) is 1.12. The minimum absolute atomic E-state index is 0.395.